The summed E-state index contributed by atoms with van der Waals surface area (Å²) >= 11 is 4.99. The van der Waals surface area contributed by atoms with Gasteiger partial charge >= 0.3 is 6.18 Å². The summed E-state index contributed by atoms with van der Waals surface area (Å²) in [5.41, 5.74) is -4.69. The molecule has 3 aromatic heterocycles. The zero-order chi connectivity index (χ0) is 40.9. The van der Waals surface area contributed by atoms with Crippen molar-refractivity contribution in [2.75, 3.05) is 17.7 Å². The van der Waals surface area contributed by atoms with Gasteiger partial charge in [0.15, 0.2) is 11.3 Å². The second kappa shape index (κ2) is 15.2. The molecule has 3 heterocycles. The molecule has 0 fully saturated rings. The Hall–Kier alpha value is -4.90. The Labute approximate surface area is 321 Å². The Bertz CT molecular complexity index is 2390. The smallest absolute Gasteiger partial charge is 0.435 e. The van der Waals surface area contributed by atoms with E-state index in [4.69, 9.17) is 11.6 Å². The number of aliphatic hydroxyl groups is 1. The quantitative estimate of drug-likeness (QED) is 0.0812. The average Bonchev–Trinajstić information content (AvgIpc) is 3.74. The molecule has 5 aromatic rings. The predicted octanol–water partition coefficient (Wildman–Crippen LogP) is 6.70. The fraction of sp³-hybridized carbons (Fsp3) is 0.333. The van der Waals surface area contributed by atoms with Crippen molar-refractivity contribution in [3.63, 3.8) is 0 Å². The summed E-state index contributed by atoms with van der Waals surface area (Å²) in [5, 5.41) is 21.0. The fourth-order valence-electron chi connectivity index (χ4n) is 6.52. The lowest BCUT2D eigenvalue weighted by Gasteiger charge is -2.23. The number of aryl methyl sites for hydroxylation is 1. The van der Waals surface area contributed by atoms with E-state index < -0.39 is 102 Å². The van der Waals surface area contributed by atoms with Crippen LogP contribution in [0.3, 0.4) is 0 Å². The van der Waals surface area contributed by atoms with Crippen LogP contribution in [0.2, 0.25) is 5.02 Å². The molecule has 3 N–H and O–H groups in total. The van der Waals surface area contributed by atoms with E-state index in [9.17, 15) is 49.6 Å². The highest BCUT2D eigenvalue weighted by molar-refractivity contribution is 7.92. The minimum atomic E-state index is -5.10. The summed E-state index contributed by atoms with van der Waals surface area (Å²) in [5.74, 6) is -1.79. The maximum absolute atomic E-state index is 14.9. The second-order valence-corrected chi connectivity index (χ2v) is 14.8. The first-order chi connectivity index (χ1) is 26.2. The minimum Gasteiger partial charge on any atom is -0.593 e. The number of alkyl halides is 6. The van der Waals surface area contributed by atoms with E-state index in [0.29, 0.717) is 27.2 Å². The van der Waals surface area contributed by atoms with E-state index >= 15 is 0 Å². The standard InChI is InChI=1S/C36H30ClF8N7O3S/c1-34(54,17-38)10-8-21-4-5-22(23-6-7-25(37)28-30(23)51(2)49-33(28)50-56(3)55)29(46-21)26(14-18-12-19(39)15-20(40)13-18)47-27(53)16-52-32-24(9-11-35(32,41)42)31(48-52)36(43,44)45/h4-7,12-13,15,26,54H,9,11,14,16-17H2,1-3H3,(H,47,53)(H,49,50). The molecule has 0 aliphatic heterocycles. The lowest BCUT2D eigenvalue weighted by Crippen LogP contribution is -2.35. The van der Waals surface area contributed by atoms with Gasteiger partial charge < -0.3 is 15.0 Å². The number of aromatic nitrogens is 5. The van der Waals surface area contributed by atoms with E-state index in [1.807, 2.05) is 0 Å². The summed E-state index contributed by atoms with van der Waals surface area (Å²) in [4.78, 5) is 18.4. The molecule has 56 heavy (non-hydrogen) atoms. The van der Waals surface area contributed by atoms with Crippen LogP contribution in [0.5, 0.6) is 0 Å². The maximum atomic E-state index is 14.9. The molecule has 0 bridgehead atoms. The minimum absolute atomic E-state index is 0.0260. The van der Waals surface area contributed by atoms with E-state index in [1.165, 1.54) is 29.1 Å². The predicted molar refractivity (Wildman–Crippen MR) is 191 cm³/mol. The lowest BCUT2D eigenvalue weighted by atomic mass is 9.93. The molecular weight excluding hydrogens is 798 g/mol. The van der Waals surface area contributed by atoms with Gasteiger partial charge in [-0.15, -0.1) is 0 Å². The number of benzene rings is 2. The van der Waals surface area contributed by atoms with Crippen molar-refractivity contribution in [1.82, 2.24) is 29.9 Å². The van der Waals surface area contributed by atoms with Gasteiger partial charge in [0.1, 0.15) is 42.5 Å². The monoisotopic (exact) mass is 827 g/mol. The van der Waals surface area contributed by atoms with E-state index in [0.717, 1.165) is 19.1 Å². The van der Waals surface area contributed by atoms with E-state index in [-0.39, 0.29) is 33.4 Å². The number of nitrogens with one attached hydrogen (secondary N) is 2. The Morgan fingerprint density at radius 2 is 1.80 bits per heavy atom. The third kappa shape index (κ3) is 8.43. The SMILES string of the molecule is Cn1nc(N[S+](C)[O-])c2c(Cl)ccc(-c3ccc(C#CC(C)(O)CF)nc3C(Cc3cc(F)cc(F)c3)NC(=O)Cn3nc(C(F)(F)F)c4c3C(F)(F)CC4)c21. The summed E-state index contributed by atoms with van der Waals surface area (Å²) in [6, 6.07) is 7.04. The number of rotatable bonds is 10. The zero-order valence-corrected chi connectivity index (χ0v) is 31.0. The van der Waals surface area contributed by atoms with Crippen LogP contribution in [0.15, 0.2) is 42.5 Å². The summed E-state index contributed by atoms with van der Waals surface area (Å²) < 4.78 is 130. The van der Waals surface area contributed by atoms with Crippen LogP contribution < -0.4 is 10.0 Å². The molecule has 0 saturated carbocycles. The van der Waals surface area contributed by atoms with Crippen LogP contribution >= 0.6 is 11.6 Å². The van der Waals surface area contributed by atoms with Gasteiger partial charge in [-0.2, -0.15) is 36.9 Å². The second-order valence-electron chi connectivity index (χ2n) is 13.3. The number of fused-ring (bicyclic) bond motifs is 2. The van der Waals surface area contributed by atoms with Crippen molar-refractivity contribution in [2.45, 2.75) is 56.5 Å². The maximum Gasteiger partial charge on any atom is 0.435 e. The molecule has 296 valence electrons. The number of amides is 1. The van der Waals surface area contributed by atoms with Gasteiger partial charge in [0.05, 0.1) is 39.0 Å². The molecule has 0 radical (unpaired) electrons. The van der Waals surface area contributed by atoms with Crippen LogP contribution in [0.1, 0.15) is 53.3 Å². The summed E-state index contributed by atoms with van der Waals surface area (Å²) in [6.07, 6.45) is -5.71. The normalized spacial score (nSPS) is 15.8. The van der Waals surface area contributed by atoms with E-state index in [2.05, 4.69) is 37.1 Å². The molecule has 6 rings (SSSR count). The van der Waals surface area contributed by atoms with Crippen molar-refractivity contribution in [3.8, 4) is 23.0 Å². The highest BCUT2D eigenvalue weighted by atomic mass is 35.5. The number of carbonyl (C=O) groups is 1. The molecule has 0 spiro atoms. The lowest BCUT2D eigenvalue weighted by molar-refractivity contribution is -0.142. The molecule has 1 aliphatic rings. The number of halogens is 9. The van der Waals surface area contributed by atoms with Gasteiger partial charge in [-0.3, -0.25) is 14.2 Å². The van der Waals surface area contributed by atoms with Crippen LogP contribution in [-0.2, 0) is 54.7 Å². The van der Waals surface area contributed by atoms with E-state index in [1.54, 1.807) is 13.1 Å². The molecule has 1 aliphatic carbocycles. The fourth-order valence-corrected chi connectivity index (χ4v) is 7.17. The average molecular weight is 828 g/mol. The number of pyridine rings is 1. The molecule has 20 heteroatoms. The zero-order valence-electron chi connectivity index (χ0n) is 29.5. The van der Waals surface area contributed by atoms with Gasteiger partial charge in [-0.05, 0) is 61.6 Å². The Balaban J connectivity index is 1.53. The molecule has 10 nitrogen and oxygen atoms in total. The van der Waals surface area contributed by atoms with Crippen LogP contribution in [-0.4, -0.2) is 58.6 Å². The Morgan fingerprint density at radius 3 is 2.45 bits per heavy atom. The third-order valence-electron chi connectivity index (χ3n) is 8.79. The van der Waals surface area contributed by atoms with Crippen LogP contribution in [0.25, 0.3) is 22.0 Å². The highest BCUT2D eigenvalue weighted by Crippen LogP contribution is 2.46. The largest absolute Gasteiger partial charge is 0.593 e. The number of hydrogen-bond acceptors (Lipinski definition) is 7. The van der Waals surface area contributed by atoms with Gasteiger partial charge in [-0.25, -0.2) is 18.2 Å². The molecule has 3 unspecified atom stereocenters. The number of anilines is 1. The molecule has 3 atom stereocenters. The molecule has 2 aromatic carbocycles. The number of carbonyl (C=O) groups excluding carboxylic acids is 1. The Kier molecular flexibility index (Phi) is 11.1. The van der Waals surface area contributed by atoms with Crippen molar-refractivity contribution in [2.24, 2.45) is 7.05 Å². The first-order valence-electron chi connectivity index (χ1n) is 16.5. The molecular formula is C36H30ClF8N7O3S. The number of hydrogen-bond donors (Lipinski definition) is 3. The van der Waals surface area contributed by atoms with Gasteiger partial charge in [0, 0.05) is 36.2 Å². The van der Waals surface area contributed by atoms with Crippen molar-refractivity contribution in [3.05, 3.63) is 93.0 Å². The van der Waals surface area contributed by atoms with Crippen molar-refractivity contribution in [1.29, 1.82) is 0 Å². The highest BCUT2D eigenvalue weighted by Gasteiger charge is 2.50. The summed E-state index contributed by atoms with van der Waals surface area (Å²) in [7, 11) is 1.56. The van der Waals surface area contributed by atoms with Crippen molar-refractivity contribution < 1.29 is 49.6 Å². The van der Waals surface area contributed by atoms with Gasteiger partial charge in [0.2, 0.25) is 11.7 Å². The summed E-state index contributed by atoms with van der Waals surface area (Å²) in [6.45, 7) is -1.26. The third-order valence-corrected chi connectivity index (χ3v) is 9.58. The van der Waals surface area contributed by atoms with Crippen LogP contribution in [0.4, 0.5) is 40.9 Å². The van der Waals surface area contributed by atoms with Gasteiger partial charge in [0.25, 0.3) is 5.92 Å². The molecule has 1 amide bonds. The topological polar surface area (TPSA) is 133 Å². The Morgan fingerprint density at radius 1 is 1.12 bits per heavy atom. The van der Waals surface area contributed by atoms with Crippen molar-refractivity contribution >= 4 is 45.6 Å². The first-order valence-corrected chi connectivity index (χ1v) is 18.5. The van der Waals surface area contributed by atoms with Gasteiger partial charge in [-0.1, -0.05) is 23.6 Å². The molecule has 0 saturated heterocycles. The number of nitrogens with zero attached hydrogens (tertiary/aromatic N) is 5. The van der Waals surface area contributed by atoms with Crippen LogP contribution in [0, 0.1) is 23.5 Å². The first kappa shape index (κ1) is 40.8.